The Kier molecular flexibility index (Phi) is 6.30. The molecule has 1 aromatic carbocycles. The van der Waals surface area contributed by atoms with E-state index in [1.807, 2.05) is 6.26 Å². The second kappa shape index (κ2) is 7.74. The average Bonchev–Trinajstić information content (AvgIpc) is 2.45. The first kappa shape index (κ1) is 16.3. The monoisotopic (exact) mass is 297 g/mol. The fourth-order valence-corrected chi connectivity index (χ4v) is 2.01. The summed E-state index contributed by atoms with van der Waals surface area (Å²) in [5, 5.41) is 16.9. The van der Waals surface area contributed by atoms with Crippen LogP contribution in [0.1, 0.15) is 23.7 Å². The summed E-state index contributed by atoms with van der Waals surface area (Å²) < 4.78 is 0. The van der Waals surface area contributed by atoms with Crippen molar-refractivity contribution in [1.29, 1.82) is 0 Å². The van der Waals surface area contributed by atoms with Gasteiger partial charge in [-0.3, -0.25) is 14.9 Å². The van der Waals surface area contributed by atoms with E-state index < -0.39 is 4.92 Å². The number of anilines is 1. The zero-order valence-electron chi connectivity index (χ0n) is 11.8. The Labute approximate surface area is 122 Å². The molecule has 0 aromatic heterocycles. The maximum Gasteiger partial charge on any atom is 0.270 e. The van der Waals surface area contributed by atoms with Gasteiger partial charge in [0.15, 0.2) is 0 Å². The number of benzene rings is 1. The summed E-state index contributed by atoms with van der Waals surface area (Å²) in [5.41, 5.74) is 0.774. The molecule has 7 heteroatoms. The van der Waals surface area contributed by atoms with E-state index in [4.69, 9.17) is 0 Å². The lowest BCUT2D eigenvalue weighted by molar-refractivity contribution is -0.384. The van der Waals surface area contributed by atoms with Crippen LogP contribution in [0.3, 0.4) is 0 Å². The van der Waals surface area contributed by atoms with Crippen molar-refractivity contribution in [2.75, 3.05) is 25.2 Å². The molecule has 0 aliphatic heterocycles. The van der Waals surface area contributed by atoms with Crippen LogP contribution in [0.25, 0.3) is 0 Å². The molecule has 1 rings (SSSR count). The summed E-state index contributed by atoms with van der Waals surface area (Å²) in [6, 6.07) is 4.20. The number of nitro groups is 1. The summed E-state index contributed by atoms with van der Waals surface area (Å²) in [7, 11) is 1.67. The highest BCUT2D eigenvalue weighted by atomic mass is 32.2. The minimum Gasteiger partial charge on any atom is -0.387 e. The molecule has 0 heterocycles. The average molecular weight is 297 g/mol. The Morgan fingerprint density at radius 2 is 2.20 bits per heavy atom. The van der Waals surface area contributed by atoms with Crippen LogP contribution in [-0.2, 0) is 0 Å². The first-order chi connectivity index (χ1) is 9.49. The maximum atomic E-state index is 12.1. The molecule has 0 bridgehead atoms. The molecule has 2 N–H and O–H groups in total. The third-order valence-corrected chi connectivity index (χ3v) is 4.01. The number of amides is 1. The number of nitro benzene ring substituents is 1. The maximum absolute atomic E-state index is 12.1. The van der Waals surface area contributed by atoms with E-state index in [-0.39, 0.29) is 11.6 Å². The van der Waals surface area contributed by atoms with Crippen LogP contribution in [-0.4, -0.2) is 35.9 Å². The number of nitrogens with zero attached hydrogens (tertiary/aromatic N) is 1. The fourth-order valence-electron chi connectivity index (χ4n) is 1.65. The highest BCUT2D eigenvalue weighted by Gasteiger charge is 2.16. The zero-order valence-corrected chi connectivity index (χ0v) is 12.6. The lowest BCUT2D eigenvalue weighted by Crippen LogP contribution is -2.26. The molecular formula is C13H19N3O3S. The topological polar surface area (TPSA) is 84.3 Å². The van der Waals surface area contributed by atoms with Gasteiger partial charge in [0.05, 0.1) is 10.5 Å². The van der Waals surface area contributed by atoms with Crippen molar-refractivity contribution >= 4 is 29.0 Å². The van der Waals surface area contributed by atoms with Crippen LogP contribution in [0.2, 0.25) is 0 Å². The predicted octanol–water partition coefficient (Wildman–Crippen LogP) is 2.51. The van der Waals surface area contributed by atoms with Crippen molar-refractivity contribution in [2.24, 2.45) is 0 Å². The van der Waals surface area contributed by atoms with Gasteiger partial charge in [-0.05, 0) is 18.7 Å². The van der Waals surface area contributed by atoms with E-state index in [9.17, 15) is 14.9 Å². The summed E-state index contributed by atoms with van der Waals surface area (Å²) in [6.45, 7) is 2.63. The smallest absolute Gasteiger partial charge is 0.270 e. The van der Waals surface area contributed by atoms with Crippen molar-refractivity contribution in [3.05, 3.63) is 33.9 Å². The van der Waals surface area contributed by atoms with Crippen molar-refractivity contribution in [2.45, 2.75) is 18.6 Å². The minimum absolute atomic E-state index is 0.0911. The number of hydrogen-bond donors (Lipinski definition) is 2. The van der Waals surface area contributed by atoms with Gasteiger partial charge in [0.25, 0.3) is 11.6 Å². The van der Waals surface area contributed by atoms with E-state index >= 15 is 0 Å². The van der Waals surface area contributed by atoms with E-state index in [1.54, 1.807) is 18.8 Å². The summed E-state index contributed by atoms with van der Waals surface area (Å²) in [5.74, 6) is -0.300. The largest absolute Gasteiger partial charge is 0.387 e. The van der Waals surface area contributed by atoms with E-state index in [2.05, 4.69) is 17.6 Å². The third-order valence-electron chi connectivity index (χ3n) is 2.97. The van der Waals surface area contributed by atoms with Crippen molar-refractivity contribution in [3.8, 4) is 0 Å². The second-order valence-corrected chi connectivity index (χ2v) is 5.60. The van der Waals surface area contributed by atoms with Crippen LogP contribution < -0.4 is 10.6 Å². The molecule has 20 heavy (non-hydrogen) atoms. The normalized spacial score (nSPS) is 11.8. The Bertz CT molecular complexity index is 494. The van der Waals surface area contributed by atoms with Gasteiger partial charge in [0.1, 0.15) is 0 Å². The van der Waals surface area contributed by atoms with E-state index in [1.165, 1.54) is 18.2 Å². The molecule has 0 saturated carbocycles. The Morgan fingerprint density at radius 3 is 2.75 bits per heavy atom. The van der Waals surface area contributed by atoms with Gasteiger partial charge in [-0.1, -0.05) is 6.92 Å². The standard InChI is InChI=1S/C13H19N3O3S/c1-9(20-3)6-7-15-13(17)11-8-10(16(18)19)4-5-12(11)14-2/h4-5,8-9,14H,6-7H2,1-3H3,(H,15,17). The first-order valence-electron chi connectivity index (χ1n) is 6.26. The molecule has 110 valence electrons. The minimum atomic E-state index is -0.508. The van der Waals surface area contributed by atoms with Crippen LogP contribution >= 0.6 is 11.8 Å². The van der Waals surface area contributed by atoms with Gasteiger partial charge in [-0.25, -0.2) is 0 Å². The molecule has 1 unspecified atom stereocenters. The molecule has 0 spiro atoms. The molecule has 6 nitrogen and oxygen atoms in total. The lowest BCUT2D eigenvalue weighted by atomic mass is 10.1. The molecule has 0 fully saturated rings. The number of nitrogens with one attached hydrogen (secondary N) is 2. The number of hydrogen-bond acceptors (Lipinski definition) is 5. The van der Waals surface area contributed by atoms with Crippen molar-refractivity contribution in [1.82, 2.24) is 5.32 Å². The number of carbonyl (C=O) groups excluding carboxylic acids is 1. The molecule has 0 aliphatic carbocycles. The van der Waals surface area contributed by atoms with Gasteiger partial charge in [0.2, 0.25) is 0 Å². The lowest BCUT2D eigenvalue weighted by Gasteiger charge is -2.11. The number of carbonyl (C=O) groups is 1. The SMILES string of the molecule is CNc1ccc([N+](=O)[O-])cc1C(=O)NCCC(C)SC. The van der Waals surface area contributed by atoms with Gasteiger partial charge < -0.3 is 10.6 Å². The second-order valence-electron chi connectivity index (χ2n) is 4.33. The summed E-state index contributed by atoms with van der Waals surface area (Å²) >= 11 is 1.73. The summed E-state index contributed by atoms with van der Waals surface area (Å²) in [4.78, 5) is 22.3. The van der Waals surface area contributed by atoms with Crippen molar-refractivity contribution < 1.29 is 9.72 Å². The quantitative estimate of drug-likeness (QED) is 0.596. The molecule has 1 amide bonds. The molecule has 1 atom stereocenters. The third kappa shape index (κ3) is 4.41. The molecule has 0 saturated heterocycles. The number of rotatable bonds is 7. The first-order valence-corrected chi connectivity index (χ1v) is 7.55. The van der Waals surface area contributed by atoms with Gasteiger partial charge >= 0.3 is 0 Å². The van der Waals surface area contributed by atoms with Gasteiger partial charge in [0, 0.05) is 36.7 Å². The number of non-ortho nitro benzene ring substituents is 1. The van der Waals surface area contributed by atoms with Gasteiger partial charge in [-0.15, -0.1) is 0 Å². The zero-order chi connectivity index (χ0) is 15.1. The Hall–Kier alpha value is -1.76. The van der Waals surface area contributed by atoms with Crippen LogP contribution in [0.5, 0.6) is 0 Å². The molecule has 0 aliphatic rings. The summed E-state index contributed by atoms with van der Waals surface area (Å²) in [6.07, 6.45) is 2.88. The molecule has 0 radical (unpaired) electrons. The Morgan fingerprint density at radius 1 is 1.50 bits per heavy atom. The predicted molar refractivity (Wildman–Crippen MR) is 82.6 cm³/mol. The van der Waals surface area contributed by atoms with E-state index in [0.29, 0.717) is 23.0 Å². The molecular weight excluding hydrogens is 278 g/mol. The van der Waals surface area contributed by atoms with Gasteiger partial charge in [-0.2, -0.15) is 11.8 Å². The highest BCUT2D eigenvalue weighted by molar-refractivity contribution is 7.99. The number of thioether (sulfide) groups is 1. The van der Waals surface area contributed by atoms with E-state index in [0.717, 1.165) is 6.42 Å². The Balaban J connectivity index is 2.79. The van der Waals surface area contributed by atoms with Crippen LogP contribution in [0.4, 0.5) is 11.4 Å². The van der Waals surface area contributed by atoms with Crippen molar-refractivity contribution in [3.63, 3.8) is 0 Å². The highest BCUT2D eigenvalue weighted by Crippen LogP contribution is 2.21. The fraction of sp³-hybridized carbons (Fsp3) is 0.462. The molecule has 1 aromatic rings. The van der Waals surface area contributed by atoms with Crippen LogP contribution in [0.15, 0.2) is 18.2 Å². The van der Waals surface area contributed by atoms with Crippen LogP contribution in [0, 0.1) is 10.1 Å².